The Balaban J connectivity index is 1.89. The van der Waals surface area contributed by atoms with E-state index in [2.05, 4.69) is 5.10 Å². The molecule has 4 rings (SSSR count). The van der Waals surface area contributed by atoms with Gasteiger partial charge in [0.25, 0.3) is 0 Å². The molecule has 0 fully saturated rings. The highest BCUT2D eigenvalue weighted by atomic mass is 19.4. The first-order valence-corrected chi connectivity index (χ1v) is 11.5. The highest BCUT2D eigenvalue weighted by molar-refractivity contribution is 6.07. The van der Waals surface area contributed by atoms with E-state index in [1.807, 2.05) is 0 Å². The number of para-hydroxylation sites is 2. The van der Waals surface area contributed by atoms with Crippen molar-refractivity contribution in [2.75, 3.05) is 21.3 Å². The fourth-order valence-corrected chi connectivity index (χ4v) is 3.95. The summed E-state index contributed by atoms with van der Waals surface area (Å²) in [6.07, 6.45) is -4.52. The average Bonchev–Trinajstić information content (AvgIpc) is 3.35. The van der Waals surface area contributed by atoms with Crippen LogP contribution in [0.25, 0.3) is 16.9 Å². The number of benzene rings is 3. The van der Waals surface area contributed by atoms with Gasteiger partial charge in [-0.25, -0.2) is 14.3 Å². The van der Waals surface area contributed by atoms with Gasteiger partial charge in [-0.15, -0.1) is 0 Å². The average molecular weight is 540 g/mol. The van der Waals surface area contributed by atoms with Crippen molar-refractivity contribution in [3.8, 4) is 28.4 Å². The van der Waals surface area contributed by atoms with Crippen molar-refractivity contribution in [2.45, 2.75) is 12.8 Å². The molecular weight excluding hydrogens is 517 g/mol. The lowest BCUT2D eigenvalue weighted by atomic mass is 10.0. The second-order valence-corrected chi connectivity index (χ2v) is 8.13. The lowest BCUT2D eigenvalue weighted by Crippen LogP contribution is -2.15. The van der Waals surface area contributed by atoms with E-state index in [0.29, 0.717) is 5.69 Å². The molecule has 0 saturated heterocycles. The summed E-state index contributed by atoms with van der Waals surface area (Å²) in [5.74, 6) is -1.38. The largest absolute Gasteiger partial charge is 0.493 e. The quantitative estimate of drug-likeness (QED) is 0.264. The third-order valence-corrected chi connectivity index (χ3v) is 5.75. The predicted octanol–water partition coefficient (Wildman–Crippen LogP) is 5.72. The molecule has 0 aliphatic heterocycles. The lowest BCUT2D eigenvalue weighted by Gasteiger charge is -2.15. The summed E-state index contributed by atoms with van der Waals surface area (Å²) in [4.78, 5) is 25.9. The first-order valence-electron chi connectivity index (χ1n) is 11.5. The third-order valence-electron chi connectivity index (χ3n) is 5.75. The summed E-state index contributed by atoms with van der Waals surface area (Å²) >= 11 is 0. The van der Waals surface area contributed by atoms with Crippen molar-refractivity contribution in [1.82, 2.24) is 9.78 Å². The van der Waals surface area contributed by atoms with Gasteiger partial charge in [-0.3, -0.25) is 0 Å². The number of carbonyl (C=O) groups excluding carboxylic acids is 2. The van der Waals surface area contributed by atoms with Gasteiger partial charge in [0.1, 0.15) is 17.9 Å². The predicted molar refractivity (Wildman–Crippen MR) is 134 cm³/mol. The molecule has 0 aliphatic rings. The summed E-state index contributed by atoms with van der Waals surface area (Å²) in [5.41, 5.74) is -0.224. The van der Waals surface area contributed by atoms with Crippen LogP contribution < -0.4 is 9.47 Å². The molecule has 0 N–H and O–H groups in total. The number of aromatic nitrogens is 2. The van der Waals surface area contributed by atoms with Crippen LogP contribution >= 0.6 is 0 Å². The molecule has 39 heavy (non-hydrogen) atoms. The minimum Gasteiger partial charge on any atom is -0.493 e. The maximum absolute atomic E-state index is 13.2. The van der Waals surface area contributed by atoms with Crippen LogP contribution in [0.15, 0.2) is 72.8 Å². The van der Waals surface area contributed by atoms with Gasteiger partial charge in [-0.2, -0.15) is 18.3 Å². The molecule has 4 aromatic rings. The number of methoxy groups -OCH3 is 3. The van der Waals surface area contributed by atoms with Crippen LogP contribution in [0.4, 0.5) is 13.2 Å². The molecule has 11 heteroatoms. The van der Waals surface area contributed by atoms with E-state index in [9.17, 15) is 22.8 Å². The topological polar surface area (TPSA) is 88.9 Å². The van der Waals surface area contributed by atoms with Gasteiger partial charge in [-0.1, -0.05) is 36.4 Å². The molecule has 0 atom stereocenters. The molecule has 202 valence electrons. The Morgan fingerprint density at radius 3 is 2.21 bits per heavy atom. The van der Waals surface area contributed by atoms with E-state index in [1.165, 1.54) is 31.0 Å². The molecule has 1 aromatic heterocycles. The lowest BCUT2D eigenvalue weighted by molar-refractivity contribution is -0.137. The molecule has 0 spiro atoms. The Morgan fingerprint density at radius 1 is 0.872 bits per heavy atom. The number of alkyl halides is 3. The van der Waals surface area contributed by atoms with Gasteiger partial charge in [-0.05, 0) is 42.0 Å². The molecule has 0 bridgehead atoms. The zero-order valence-corrected chi connectivity index (χ0v) is 21.1. The molecule has 0 saturated carbocycles. The van der Waals surface area contributed by atoms with Crippen LogP contribution in [-0.4, -0.2) is 43.0 Å². The van der Waals surface area contributed by atoms with Gasteiger partial charge >= 0.3 is 18.1 Å². The number of carbonyl (C=O) groups is 2. The SMILES string of the molecule is COC(=O)c1c(-c2cccc(OC)c2OCc2cccc(C(F)(F)F)c2)nn(-c2ccccc2)c1C(=O)OC. The minimum atomic E-state index is -4.52. The number of nitrogens with zero attached hydrogens (tertiary/aromatic N) is 2. The molecule has 8 nitrogen and oxygen atoms in total. The number of ether oxygens (including phenoxy) is 4. The molecule has 0 unspecified atom stereocenters. The fraction of sp³-hybridized carbons (Fsp3) is 0.179. The number of rotatable bonds is 8. The van der Waals surface area contributed by atoms with Gasteiger partial charge in [0, 0.05) is 5.56 Å². The summed E-state index contributed by atoms with van der Waals surface area (Å²) in [5, 5.41) is 4.56. The Kier molecular flexibility index (Phi) is 7.89. The van der Waals surface area contributed by atoms with Crippen LogP contribution in [0, 0.1) is 0 Å². The third kappa shape index (κ3) is 5.57. The number of halogens is 3. The molecule has 0 aliphatic carbocycles. The zero-order chi connectivity index (χ0) is 28.2. The van der Waals surface area contributed by atoms with Crippen LogP contribution in [0.2, 0.25) is 0 Å². The Labute approximate surface area is 221 Å². The van der Waals surface area contributed by atoms with E-state index in [4.69, 9.17) is 18.9 Å². The minimum absolute atomic E-state index is 0.0176. The summed E-state index contributed by atoms with van der Waals surface area (Å²) < 4.78 is 62.2. The van der Waals surface area contributed by atoms with Crippen molar-refractivity contribution in [3.05, 3.63) is 95.2 Å². The first-order chi connectivity index (χ1) is 18.7. The van der Waals surface area contributed by atoms with Crippen LogP contribution in [0.1, 0.15) is 32.0 Å². The van der Waals surface area contributed by atoms with E-state index in [1.54, 1.807) is 48.5 Å². The number of esters is 2. The van der Waals surface area contributed by atoms with Crippen LogP contribution in [0.5, 0.6) is 11.5 Å². The van der Waals surface area contributed by atoms with Crippen molar-refractivity contribution < 1.29 is 41.7 Å². The van der Waals surface area contributed by atoms with E-state index >= 15 is 0 Å². The number of hydrogen-bond acceptors (Lipinski definition) is 7. The molecular formula is C28H23F3N2O6. The van der Waals surface area contributed by atoms with E-state index in [-0.39, 0.29) is 46.2 Å². The van der Waals surface area contributed by atoms with Gasteiger partial charge in [0.05, 0.1) is 32.6 Å². The Hall–Kier alpha value is -4.80. The molecule has 3 aromatic carbocycles. The van der Waals surface area contributed by atoms with Crippen molar-refractivity contribution >= 4 is 11.9 Å². The highest BCUT2D eigenvalue weighted by Crippen LogP contribution is 2.41. The zero-order valence-electron chi connectivity index (χ0n) is 21.1. The molecule has 0 amide bonds. The Bertz CT molecular complexity index is 1500. The maximum Gasteiger partial charge on any atom is 0.416 e. The molecule has 1 heterocycles. The van der Waals surface area contributed by atoms with Gasteiger partial charge in [0.15, 0.2) is 17.2 Å². The second-order valence-electron chi connectivity index (χ2n) is 8.13. The van der Waals surface area contributed by atoms with E-state index in [0.717, 1.165) is 19.2 Å². The summed E-state index contributed by atoms with van der Waals surface area (Å²) in [7, 11) is 3.71. The summed E-state index contributed by atoms with van der Waals surface area (Å²) in [6, 6.07) is 18.1. The summed E-state index contributed by atoms with van der Waals surface area (Å²) in [6.45, 7) is -0.256. The maximum atomic E-state index is 13.2. The highest BCUT2D eigenvalue weighted by Gasteiger charge is 2.33. The fourth-order valence-electron chi connectivity index (χ4n) is 3.95. The van der Waals surface area contributed by atoms with Crippen LogP contribution in [0.3, 0.4) is 0 Å². The van der Waals surface area contributed by atoms with Crippen molar-refractivity contribution in [2.24, 2.45) is 0 Å². The van der Waals surface area contributed by atoms with Gasteiger partial charge < -0.3 is 18.9 Å². The van der Waals surface area contributed by atoms with Crippen molar-refractivity contribution in [1.29, 1.82) is 0 Å². The van der Waals surface area contributed by atoms with Gasteiger partial charge in [0.2, 0.25) is 0 Å². The normalized spacial score (nSPS) is 11.1. The van der Waals surface area contributed by atoms with Crippen molar-refractivity contribution in [3.63, 3.8) is 0 Å². The first kappa shape index (κ1) is 27.2. The second kappa shape index (κ2) is 11.3. The van der Waals surface area contributed by atoms with E-state index < -0.39 is 23.7 Å². The Morgan fingerprint density at radius 2 is 1.56 bits per heavy atom. The standard InChI is InChI=1S/C28H23F3N2O6/c1-36-21-14-8-13-20(25(21)39-16-17-9-7-10-18(15-17)28(29,30)31)23-22(26(34)37-2)24(27(35)38-3)33(32-23)19-11-5-4-6-12-19/h4-15H,16H2,1-3H3. The smallest absolute Gasteiger partial charge is 0.416 e. The monoisotopic (exact) mass is 540 g/mol. The molecule has 0 radical (unpaired) electrons. The number of hydrogen-bond donors (Lipinski definition) is 0. The van der Waals surface area contributed by atoms with Crippen LogP contribution in [-0.2, 0) is 22.3 Å².